The lowest BCUT2D eigenvalue weighted by Gasteiger charge is -2.36. The highest BCUT2D eigenvalue weighted by Gasteiger charge is 2.42. The van der Waals surface area contributed by atoms with Gasteiger partial charge in [-0.25, -0.2) is 0 Å². The van der Waals surface area contributed by atoms with E-state index in [9.17, 15) is 13.2 Å². The van der Waals surface area contributed by atoms with Gasteiger partial charge in [0.2, 0.25) is 0 Å². The normalized spacial score (nSPS) is 24.5. The van der Waals surface area contributed by atoms with Crippen molar-refractivity contribution in [3.05, 3.63) is 35.9 Å². The van der Waals surface area contributed by atoms with Crippen LogP contribution in [-0.4, -0.2) is 27.1 Å². The van der Waals surface area contributed by atoms with E-state index in [1.165, 1.54) is 0 Å². The number of carbonyl (C=O) groups is 1. The second-order valence-electron chi connectivity index (χ2n) is 6.34. The SMILES string of the molecule is CCOC(=O)C1(CC)CCC(OS(=O)(=O)Cc2ccccc2)CC1. The fourth-order valence-electron chi connectivity index (χ4n) is 3.25. The lowest BCUT2D eigenvalue weighted by atomic mass is 9.71. The number of rotatable bonds is 7. The summed E-state index contributed by atoms with van der Waals surface area (Å²) in [6, 6.07) is 8.99. The quantitative estimate of drug-likeness (QED) is 0.554. The van der Waals surface area contributed by atoms with Gasteiger partial charge in [-0.3, -0.25) is 8.98 Å². The van der Waals surface area contributed by atoms with Crippen LogP contribution in [0.5, 0.6) is 0 Å². The lowest BCUT2D eigenvalue weighted by molar-refractivity contribution is -0.158. The molecule has 1 saturated carbocycles. The molecule has 0 aliphatic heterocycles. The average molecular weight is 354 g/mol. The monoisotopic (exact) mass is 354 g/mol. The van der Waals surface area contributed by atoms with Gasteiger partial charge in [-0.1, -0.05) is 37.3 Å². The zero-order valence-corrected chi connectivity index (χ0v) is 15.2. The van der Waals surface area contributed by atoms with Crippen molar-refractivity contribution in [2.24, 2.45) is 5.41 Å². The summed E-state index contributed by atoms with van der Waals surface area (Å²) in [4.78, 5) is 12.2. The topological polar surface area (TPSA) is 69.7 Å². The molecule has 0 N–H and O–H groups in total. The van der Waals surface area contributed by atoms with Gasteiger partial charge >= 0.3 is 5.97 Å². The van der Waals surface area contributed by atoms with Gasteiger partial charge in [-0.05, 0) is 44.6 Å². The largest absolute Gasteiger partial charge is 0.466 e. The van der Waals surface area contributed by atoms with Crippen molar-refractivity contribution in [2.45, 2.75) is 57.8 Å². The average Bonchev–Trinajstić information content (AvgIpc) is 2.56. The number of ether oxygens (including phenoxy) is 1. The van der Waals surface area contributed by atoms with Gasteiger partial charge < -0.3 is 4.74 Å². The third kappa shape index (κ3) is 4.80. The molecule has 0 saturated heterocycles. The molecule has 1 aromatic carbocycles. The Kier molecular flexibility index (Phi) is 6.40. The summed E-state index contributed by atoms with van der Waals surface area (Å²) in [5.41, 5.74) is 0.224. The lowest BCUT2D eigenvalue weighted by Crippen LogP contribution is -2.39. The molecule has 5 nitrogen and oxygen atoms in total. The molecule has 2 rings (SSSR count). The van der Waals surface area contributed by atoms with Crippen LogP contribution in [0.4, 0.5) is 0 Å². The van der Waals surface area contributed by atoms with E-state index in [0.29, 0.717) is 44.3 Å². The van der Waals surface area contributed by atoms with E-state index >= 15 is 0 Å². The predicted octanol–water partition coefficient (Wildman–Crippen LogP) is 3.44. The van der Waals surface area contributed by atoms with E-state index in [2.05, 4.69) is 0 Å². The van der Waals surface area contributed by atoms with Crippen molar-refractivity contribution in [3.8, 4) is 0 Å². The first-order valence-corrected chi connectivity index (χ1v) is 10.1. The van der Waals surface area contributed by atoms with E-state index in [1.54, 1.807) is 31.2 Å². The number of benzene rings is 1. The first-order valence-electron chi connectivity index (χ1n) is 8.53. The van der Waals surface area contributed by atoms with Gasteiger partial charge in [0.15, 0.2) is 0 Å². The van der Waals surface area contributed by atoms with Crippen LogP contribution in [0, 0.1) is 5.41 Å². The molecule has 0 atom stereocenters. The molecule has 0 heterocycles. The van der Waals surface area contributed by atoms with Crippen LogP contribution < -0.4 is 0 Å². The number of hydrogen-bond acceptors (Lipinski definition) is 5. The molecular formula is C18H26O5S. The number of esters is 1. The molecule has 0 unspecified atom stereocenters. The molecule has 1 aromatic rings. The minimum Gasteiger partial charge on any atom is -0.466 e. The first kappa shape index (κ1) is 18.9. The molecule has 1 aliphatic rings. The smallest absolute Gasteiger partial charge is 0.312 e. The molecule has 0 spiro atoms. The van der Waals surface area contributed by atoms with E-state index < -0.39 is 15.5 Å². The second kappa shape index (κ2) is 8.12. The minimum absolute atomic E-state index is 0.124. The van der Waals surface area contributed by atoms with E-state index in [0.717, 1.165) is 0 Å². The van der Waals surface area contributed by atoms with Crippen molar-refractivity contribution >= 4 is 16.1 Å². The third-order valence-electron chi connectivity index (χ3n) is 4.74. The van der Waals surface area contributed by atoms with Crippen LogP contribution >= 0.6 is 0 Å². The summed E-state index contributed by atoms with van der Waals surface area (Å²) in [6.07, 6.45) is 2.67. The summed E-state index contributed by atoms with van der Waals surface area (Å²) < 4.78 is 35.0. The fourth-order valence-corrected chi connectivity index (χ4v) is 4.52. The maximum Gasteiger partial charge on any atom is 0.312 e. The van der Waals surface area contributed by atoms with Gasteiger partial charge in [0, 0.05) is 0 Å². The molecule has 1 aliphatic carbocycles. The van der Waals surface area contributed by atoms with Crippen molar-refractivity contribution in [1.29, 1.82) is 0 Å². The molecule has 6 heteroatoms. The first-order chi connectivity index (χ1) is 11.4. The van der Waals surface area contributed by atoms with Crippen LogP contribution in [0.15, 0.2) is 30.3 Å². The molecule has 134 valence electrons. The standard InChI is InChI=1S/C18H26O5S/c1-3-18(17(19)22-4-2)12-10-16(11-13-18)23-24(20,21)14-15-8-6-5-7-9-15/h5-9,16H,3-4,10-14H2,1-2H3. The number of carbonyl (C=O) groups excluding carboxylic acids is 1. The van der Waals surface area contributed by atoms with Gasteiger partial charge in [-0.15, -0.1) is 0 Å². The van der Waals surface area contributed by atoms with Crippen LogP contribution in [0.2, 0.25) is 0 Å². The van der Waals surface area contributed by atoms with Crippen LogP contribution in [0.1, 0.15) is 51.5 Å². The Morgan fingerprint density at radius 3 is 2.33 bits per heavy atom. The summed E-state index contributed by atoms with van der Waals surface area (Å²) in [6.45, 7) is 4.14. The van der Waals surface area contributed by atoms with E-state index in [-0.39, 0.29) is 17.8 Å². The molecule has 24 heavy (non-hydrogen) atoms. The molecule has 0 amide bonds. The Balaban J connectivity index is 1.93. The number of hydrogen-bond donors (Lipinski definition) is 0. The molecule has 0 bridgehead atoms. The molecule has 0 aromatic heterocycles. The zero-order chi connectivity index (χ0) is 17.6. The van der Waals surface area contributed by atoms with Crippen molar-refractivity contribution in [3.63, 3.8) is 0 Å². The Labute approximate surface area is 144 Å². The Morgan fingerprint density at radius 2 is 1.79 bits per heavy atom. The maximum atomic E-state index is 12.2. The van der Waals surface area contributed by atoms with Crippen molar-refractivity contribution < 1.29 is 22.1 Å². The minimum atomic E-state index is -3.62. The molecular weight excluding hydrogens is 328 g/mol. The second-order valence-corrected chi connectivity index (χ2v) is 7.93. The van der Waals surface area contributed by atoms with E-state index in [4.69, 9.17) is 8.92 Å². The van der Waals surface area contributed by atoms with Crippen LogP contribution in [-0.2, 0) is 29.6 Å². The Morgan fingerprint density at radius 1 is 1.17 bits per heavy atom. The summed E-state index contributed by atoms with van der Waals surface area (Å²) in [7, 11) is -3.62. The summed E-state index contributed by atoms with van der Waals surface area (Å²) >= 11 is 0. The summed E-state index contributed by atoms with van der Waals surface area (Å²) in [5, 5.41) is 0. The van der Waals surface area contributed by atoms with Crippen molar-refractivity contribution in [1.82, 2.24) is 0 Å². The van der Waals surface area contributed by atoms with Crippen molar-refractivity contribution in [2.75, 3.05) is 6.61 Å². The fraction of sp³-hybridized carbons (Fsp3) is 0.611. The zero-order valence-electron chi connectivity index (χ0n) is 14.4. The van der Waals surface area contributed by atoms with Gasteiger partial charge in [0.25, 0.3) is 10.1 Å². The Bertz CT molecular complexity index is 631. The highest BCUT2D eigenvalue weighted by atomic mass is 32.2. The van der Waals surface area contributed by atoms with Crippen LogP contribution in [0.25, 0.3) is 0 Å². The summed E-state index contributed by atoms with van der Waals surface area (Å²) in [5.74, 6) is -0.292. The highest BCUT2D eigenvalue weighted by Crippen LogP contribution is 2.41. The van der Waals surface area contributed by atoms with Crippen LogP contribution in [0.3, 0.4) is 0 Å². The van der Waals surface area contributed by atoms with Gasteiger partial charge in [0.1, 0.15) is 5.75 Å². The molecule has 1 fully saturated rings. The highest BCUT2D eigenvalue weighted by molar-refractivity contribution is 7.85. The van der Waals surface area contributed by atoms with Gasteiger partial charge in [0.05, 0.1) is 18.1 Å². The molecule has 0 radical (unpaired) electrons. The predicted molar refractivity (Wildman–Crippen MR) is 91.8 cm³/mol. The van der Waals surface area contributed by atoms with E-state index in [1.807, 2.05) is 13.0 Å². The maximum absolute atomic E-state index is 12.2. The Hall–Kier alpha value is -1.40. The van der Waals surface area contributed by atoms with Gasteiger partial charge in [-0.2, -0.15) is 8.42 Å². The third-order valence-corrected chi connectivity index (χ3v) is 6.00.